The quantitative estimate of drug-likeness (QED) is 0.672. The molecule has 0 aliphatic carbocycles. The number of hydrogen-bond acceptors (Lipinski definition) is 4. The minimum atomic E-state index is -4.40. The van der Waals surface area contributed by atoms with E-state index in [1.807, 2.05) is 18.2 Å². The number of carbonyl (C=O) groups excluding carboxylic acids is 1. The maximum Gasteiger partial charge on any atom is 0.411 e. The number of carbonyl (C=O) groups is 1. The lowest BCUT2D eigenvalue weighted by Crippen LogP contribution is -2.46. The molecule has 0 saturated carbocycles. The number of ether oxygens (including phenoxy) is 1. The number of halogens is 3. The Balaban J connectivity index is 1.50. The molecule has 0 unspecified atom stereocenters. The second kappa shape index (κ2) is 10.5. The fraction of sp³-hybridized carbons (Fsp3) is 0.611. The molecule has 2 rings (SSSR count). The second-order valence-electron chi connectivity index (χ2n) is 6.41. The van der Waals surface area contributed by atoms with Crippen LogP contribution in [0.3, 0.4) is 0 Å². The molecule has 1 saturated heterocycles. The van der Waals surface area contributed by atoms with Gasteiger partial charge in [-0.15, -0.1) is 0 Å². The first-order valence-electron chi connectivity index (χ1n) is 8.82. The molecule has 26 heavy (non-hydrogen) atoms. The van der Waals surface area contributed by atoms with Crippen LogP contribution in [0.2, 0.25) is 0 Å². The molecule has 1 N–H and O–H groups in total. The largest absolute Gasteiger partial charge is 0.411 e. The highest BCUT2D eigenvalue weighted by Crippen LogP contribution is 2.14. The Morgan fingerprint density at radius 3 is 2.38 bits per heavy atom. The number of alkyl halides is 3. The van der Waals surface area contributed by atoms with Gasteiger partial charge in [-0.1, -0.05) is 30.3 Å². The van der Waals surface area contributed by atoms with Crippen molar-refractivity contribution in [3.63, 3.8) is 0 Å². The predicted octanol–water partition coefficient (Wildman–Crippen LogP) is 1.89. The van der Waals surface area contributed by atoms with Crippen LogP contribution in [0.25, 0.3) is 0 Å². The highest BCUT2D eigenvalue weighted by atomic mass is 19.4. The van der Waals surface area contributed by atoms with Gasteiger partial charge in [-0.25, -0.2) is 0 Å². The highest BCUT2D eigenvalue weighted by molar-refractivity contribution is 5.77. The van der Waals surface area contributed by atoms with Crippen molar-refractivity contribution in [2.45, 2.75) is 19.1 Å². The Morgan fingerprint density at radius 1 is 1.08 bits per heavy atom. The summed E-state index contributed by atoms with van der Waals surface area (Å²) < 4.78 is 40.0. The minimum Gasteiger partial charge on any atom is -0.362 e. The third kappa shape index (κ3) is 8.64. The normalized spacial score (nSPS) is 16.6. The number of nitrogens with zero attached hydrogens (tertiary/aromatic N) is 2. The first kappa shape index (κ1) is 20.7. The van der Waals surface area contributed by atoms with Gasteiger partial charge in [-0.3, -0.25) is 9.69 Å². The Kier molecular flexibility index (Phi) is 8.34. The lowest BCUT2D eigenvalue weighted by molar-refractivity contribution is -0.175. The molecule has 146 valence electrons. The van der Waals surface area contributed by atoms with Crippen LogP contribution < -0.4 is 5.32 Å². The maximum absolute atomic E-state index is 11.9. The van der Waals surface area contributed by atoms with Crippen molar-refractivity contribution in [3.8, 4) is 0 Å². The van der Waals surface area contributed by atoms with Crippen molar-refractivity contribution >= 4 is 5.91 Å². The van der Waals surface area contributed by atoms with E-state index in [9.17, 15) is 18.0 Å². The van der Waals surface area contributed by atoms with E-state index >= 15 is 0 Å². The summed E-state index contributed by atoms with van der Waals surface area (Å²) >= 11 is 0. The fourth-order valence-corrected chi connectivity index (χ4v) is 2.85. The average molecular weight is 373 g/mol. The summed E-state index contributed by atoms with van der Waals surface area (Å²) in [5.74, 6) is -0.512. The Hall–Kier alpha value is -1.64. The van der Waals surface area contributed by atoms with E-state index in [-0.39, 0.29) is 0 Å². The van der Waals surface area contributed by atoms with Gasteiger partial charge in [0.25, 0.3) is 0 Å². The van der Waals surface area contributed by atoms with Gasteiger partial charge >= 0.3 is 6.18 Å². The molecule has 0 atom stereocenters. The van der Waals surface area contributed by atoms with E-state index in [0.717, 1.165) is 45.7 Å². The summed E-state index contributed by atoms with van der Waals surface area (Å²) in [6, 6.07) is 10.4. The van der Waals surface area contributed by atoms with Gasteiger partial charge in [0.05, 0.1) is 0 Å². The van der Waals surface area contributed by atoms with Crippen molar-refractivity contribution < 1.29 is 22.7 Å². The summed E-state index contributed by atoms with van der Waals surface area (Å²) in [6.45, 7) is 4.29. The van der Waals surface area contributed by atoms with Crippen molar-refractivity contribution in [2.24, 2.45) is 0 Å². The standard InChI is InChI=1S/C18H26F3N3O2/c19-18(20,21)15-26-14-17(25)22-7-4-8-23-9-11-24(12-10-23)13-16-5-2-1-3-6-16/h1-3,5-6H,4,7-15H2,(H,22,25). The molecule has 1 amide bonds. The van der Waals surface area contributed by atoms with Crippen molar-refractivity contribution in [1.82, 2.24) is 15.1 Å². The van der Waals surface area contributed by atoms with Crippen LogP contribution in [0.1, 0.15) is 12.0 Å². The van der Waals surface area contributed by atoms with Crippen LogP contribution in [-0.4, -0.2) is 74.4 Å². The molecule has 5 nitrogen and oxygen atoms in total. The van der Waals surface area contributed by atoms with Crippen molar-refractivity contribution in [3.05, 3.63) is 35.9 Å². The molecule has 8 heteroatoms. The Morgan fingerprint density at radius 2 is 1.73 bits per heavy atom. The van der Waals surface area contributed by atoms with Crippen molar-refractivity contribution in [2.75, 3.05) is 52.5 Å². The molecule has 0 bridgehead atoms. The van der Waals surface area contributed by atoms with E-state index in [1.165, 1.54) is 5.56 Å². The van der Waals surface area contributed by atoms with Gasteiger partial charge in [0.2, 0.25) is 5.91 Å². The minimum absolute atomic E-state index is 0.443. The van der Waals surface area contributed by atoms with Crippen LogP contribution in [0.5, 0.6) is 0 Å². The highest BCUT2D eigenvalue weighted by Gasteiger charge is 2.27. The summed E-state index contributed by atoms with van der Waals surface area (Å²) in [5.41, 5.74) is 1.32. The summed E-state index contributed by atoms with van der Waals surface area (Å²) in [4.78, 5) is 16.1. The van der Waals surface area contributed by atoms with Crippen LogP contribution in [0.4, 0.5) is 13.2 Å². The lowest BCUT2D eigenvalue weighted by atomic mass is 10.2. The first-order chi connectivity index (χ1) is 12.4. The van der Waals surface area contributed by atoms with Crippen LogP contribution in [0, 0.1) is 0 Å². The van der Waals surface area contributed by atoms with E-state index < -0.39 is 25.3 Å². The number of benzene rings is 1. The molecule has 1 aliphatic heterocycles. The number of nitrogens with one attached hydrogen (secondary N) is 1. The smallest absolute Gasteiger partial charge is 0.362 e. The SMILES string of the molecule is O=C(COCC(F)(F)F)NCCCN1CCN(Cc2ccccc2)CC1. The molecular weight excluding hydrogens is 347 g/mol. The zero-order chi connectivity index (χ0) is 18.8. The van der Waals surface area contributed by atoms with Crippen LogP contribution in [-0.2, 0) is 16.1 Å². The second-order valence-corrected chi connectivity index (χ2v) is 6.41. The monoisotopic (exact) mass is 373 g/mol. The number of hydrogen-bond donors (Lipinski definition) is 1. The number of piperazine rings is 1. The summed E-state index contributed by atoms with van der Waals surface area (Å²) in [7, 11) is 0. The topological polar surface area (TPSA) is 44.8 Å². The molecule has 1 aromatic rings. The van der Waals surface area contributed by atoms with Gasteiger partial charge in [0.15, 0.2) is 0 Å². The fourth-order valence-electron chi connectivity index (χ4n) is 2.85. The third-order valence-electron chi connectivity index (χ3n) is 4.19. The van der Waals surface area contributed by atoms with E-state index in [2.05, 4.69) is 32.0 Å². The van der Waals surface area contributed by atoms with E-state index in [4.69, 9.17) is 0 Å². The molecule has 0 spiro atoms. The van der Waals surface area contributed by atoms with Crippen molar-refractivity contribution in [1.29, 1.82) is 0 Å². The van der Waals surface area contributed by atoms with Gasteiger partial charge in [-0.2, -0.15) is 13.2 Å². The molecule has 1 aromatic carbocycles. The Labute approximate surface area is 152 Å². The van der Waals surface area contributed by atoms with Gasteiger partial charge < -0.3 is 15.0 Å². The molecule has 1 heterocycles. The predicted molar refractivity (Wildman–Crippen MR) is 92.7 cm³/mol. The molecule has 0 radical (unpaired) electrons. The van der Waals surface area contributed by atoms with Gasteiger partial charge in [0, 0.05) is 39.3 Å². The Bertz CT molecular complexity index is 532. The van der Waals surface area contributed by atoms with Crippen LogP contribution in [0.15, 0.2) is 30.3 Å². The number of amides is 1. The maximum atomic E-state index is 11.9. The van der Waals surface area contributed by atoms with E-state index in [1.54, 1.807) is 0 Å². The third-order valence-corrected chi connectivity index (χ3v) is 4.19. The lowest BCUT2D eigenvalue weighted by Gasteiger charge is -2.34. The first-order valence-corrected chi connectivity index (χ1v) is 8.82. The molecule has 1 fully saturated rings. The zero-order valence-electron chi connectivity index (χ0n) is 14.8. The van der Waals surface area contributed by atoms with Gasteiger partial charge in [0.1, 0.15) is 13.2 Å². The molecular formula is C18H26F3N3O2. The molecule has 0 aromatic heterocycles. The summed E-state index contributed by atoms with van der Waals surface area (Å²) in [6.07, 6.45) is -3.63. The number of rotatable bonds is 9. The van der Waals surface area contributed by atoms with Gasteiger partial charge in [-0.05, 0) is 18.5 Å². The van der Waals surface area contributed by atoms with Crippen LogP contribution >= 0.6 is 0 Å². The zero-order valence-corrected chi connectivity index (χ0v) is 14.8. The van der Waals surface area contributed by atoms with E-state index in [0.29, 0.717) is 6.54 Å². The molecule has 1 aliphatic rings. The summed E-state index contributed by atoms with van der Waals surface area (Å²) in [5, 5.41) is 2.58. The average Bonchev–Trinajstić information content (AvgIpc) is 2.60.